The van der Waals surface area contributed by atoms with Crippen molar-refractivity contribution in [2.45, 2.75) is 26.8 Å². The number of nitrogens with one attached hydrogen (secondary N) is 1. The molecule has 1 atom stereocenters. The third-order valence-corrected chi connectivity index (χ3v) is 8.89. The van der Waals surface area contributed by atoms with Crippen LogP contribution in [0.15, 0.2) is 77.5 Å². The van der Waals surface area contributed by atoms with E-state index in [0.29, 0.717) is 54.2 Å². The van der Waals surface area contributed by atoms with E-state index in [-0.39, 0.29) is 11.5 Å². The van der Waals surface area contributed by atoms with Gasteiger partial charge in [0, 0.05) is 47.7 Å². The second-order valence-electron chi connectivity index (χ2n) is 11.9. The number of benzene rings is 3. The SMILES string of the molecule is Cc1c(Nc2nccc3cc(CN4CCC(C(=O)O)C4)cnc23)cccc1-c1cccc(-c2nc3cc(C=O)cc(C#N)c3o2)c1C. The van der Waals surface area contributed by atoms with Crippen LogP contribution < -0.4 is 5.32 Å². The van der Waals surface area contributed by atoms with Gasteiger partial charge in [0.25, 0.3) is 0 Å². The molecule has 0 saturated carbocycles. The number of aromatic nitrogens is 3. The third-order valence-electron chi connectivity index (χ3n) is 8.89. The zero-order chi connectivity index (χ0) is 32.7. The first kappa shape index (κ1) is 29.8. The van der Waals surface area contributed by atoms with Crippen LogP contribution in [-0.2, 0) is 11.3 Å². The summed E-state index contributed by atoms with van der Waals surface area (Å²) in [7, 11) is 0. The summed E-state index contributed by atoms with van der Waals surface area (Å²) in [5, 5.41) is 23.4. The molecule has 3 aromatic heterocycles. The number of nitriles is 1. The first-order valence-corrected chi connectivity index (χ1v) is 15.3. The molecule has 0 bridgehead atoms. The summed E-state index contributed by atoms with van der Waals surface area (Å²) < 4.78 is 6.08. The Morgan fingerprint density at radius 2 is 1.87 bits per heavy atom. The van der Waals surface area contributed by atoms with Crippen molar-refractivity contribution in [3.05, 3.63) is 101 Å². The summed E-state index contributed by atoms with van der Waals surface area (Å²) in [6, 6.07) is 21.2. The van der Waals surface area contributed by atoms with Crippen LogP contribution in [0.2, 0.25) is 0 Å². The van der Waals surface area contributed by atoms with Crippen molar-refractivity contribution >= 4 is 45.8 Å². The number of hydrogen-bond acceptors (Lipinski definition) is 9. The largest absolute Gasteiger partial charge is 0.481 e. The fourth-order valence-electron chi connectivity index (χ4n) is 6.39. The Hall–Kier alpha value is -5.92. The first-order chi connectivity index (χ1) is 22.8. The first-order valence-electron chi connectivity index (χ1n) is 15.3. The predicted octanol–water partition coefficient (Wildman–Crippen LogP) is 7.06. The molecule has 1 fully saturated rings. The molecule has 0 amide bonds. The Kier molecular flexibility index (Phi) is 7.67. The number of pyridine rings is 2. The van der Waals surface area contributed by atoms with Crippen molar-refractivity contribution in [3.63, 3.8) is 0 Å². The lowest BCUT2D eigenvalue weighted by atomic mass is 9.93. The predicted molar refractivity (Wildman–Crippen MR) is 178 cm³/mol. The van der Waals surface area contributed by atoms with Crippen LogP contribution in [0, 0.1) is 31.1 Å². The minimum atomic E-state index is -0.735. The molecule has 0 aliphatic carbocycles. The van der Waals surface area contributed by atoms with Crippen molar-refractivity contribution in [1.29, 1.82) is 5.26 Å². The maximum absolute atomic E-state index is 11.4. The van der Waals surface area contributed by atoms with Gasteiger partial charge in [0.1, 0.15) is 23.4 Å². The Balaban J connectivity index is 1.18. The van der Waals surface area contributed by atoms with Crippen LogP contribution >= 0.6 is 0 Å². The standard InChI is InChI=1S/C37H30N6O4/c1-21-28(5-3-7-30(21)36-42-32-15-23(20-44)13-27(16-38)34(32)47-36)29-6-4-8-31(22(29)2)41-35-33-25(9-11-39-35)14-24(17-40-33)18-43-12-10-26(19-43)37(45)46/h3-9,11,13-15,17,20,26H,10,12,18-19H2,1-2H3,(H,39,41)(H,45,46). The second-order valence-corrected chi connectivity index (χ2v) is 11.9. The average molecular weight is 623 g/mol. The maximum Gasteiger partial charge on any atom is 0.307 e. The highest BCUT2D eigenvalue weighted by atomic mass is 16.4. The number of nitrogens with zero attached hydrogens (tertiary/aromatic N) is 5. The minimum Gasteiger partial charge on any atom is -0.481 e. The van der Waals surface area contributed by atoms with Gasteiger partial charge >= 0.3 is 5.97 Å². The Bertz CT molecular complexity index is 2250. The number of fused-ring (bicyclic) bond motifs is 2. The van der Waals surface area contributed by atoms with Gasteiger partial charge in [-0.1, -0.05) is 24.3 Å². The number of carboxylic acid groups (broad SMARTS) is 1. The van der Waals surface area contributed by atoms with Crippen molar-refractivity contribution in [1.82, 2.24) is 19.9 Å². The third kappa shape index (κ3) is 5.58. The van der Waals surface area contributed by atoms with Gasteiger partial charge in [-0.25, -0.2) is 9.97 Å². The van der Waals surface area contributed by atoms with Crippen LogP contribution in [0.1, 0.15) is 39.0 Å². The zero-order valence-corrected chi connectivity index (χ0v) is 25.8. The van der Waals surface area contributed by atoms with E-state index in [2.05, 4.69) is 51.4 Å². The maximum atomic E-state index is 11.4. The van der Waals surface area contributed by atoms with Gasteiger partial charge in [-0.05, 0) is 91.0 Å². The van der Waals surface area contributed by atoms with Gasteiger partial charge in [0.05, 0.1) is 11.5 Å². The number of aliphatic carboxylic acids is 1. The van der Waals surface area contributed by atoms with Gasteiger partial charge < -0.3 is 14.8 Å². The van der Waals surface area contributed by atoms with Crippen molar-refractivity contribution in [2.75, 3.05) is 18.4 Å². The summed E-state index contributed by atoms with van der Waals surface area (Å²) in [5.41, 5.74) is 8.89. The van der Waals surface area contributed by atoms with Crippen LogP contribution in [0.4, 0.5) is 11.5 Å². The number of carbonyl (C=O) groups excluding carboxylic acids is 1. The molecule has 1 saturated heterocycles. The molecule has 4 heterocycles. The topological polar surface area (TPSA) is 145 Å². The fraction of sp³-hybridized carbons (Fsp3) is 0.189. The fourth-order valence-corrected chi connectivity index (χ4v) is 6.39. The van der Waals surface area contributed by atoms with E-state index < -0.39 is 5.97 Å². The quantitative estimate of drug-likeness (QED) is 0.169. The molecule has 47 heavy (non-hydrogen) atoms. The van der Waals surface area contributed by atoms with Crippen LogP contribution in [0.5, 0.6) is 0 Å². The van der Waals surface area contributed by atoms with E-state index in [0.717, 1.165) is 56.5 Å². The average Bonchev–Trinajstić information content (AvgIpc) is 3.73. The summed E-state index contributed by atoms with van der Waals surface area (Å²) in [5.74, 6) is -0.0310. The molecule has 232 valence electrons. The molecule has 1 aliphatic rings. The molecule has 2 N–H and O–H groups in total. The summed E-state index contributed by atoms with van der Waals surface area (Å²) in [4.78, 5) is 38.9. The molecule has 1 aliphatic heterocycles. The lowest BCUT2D eigenvalue weighted by Crippen LogP contribution is -2.22. The summed E-state index contributed by atoms with van der Waals surface area (Å²) >= 11 is 0. The van der Waals surface area contributed by atoms with E-state index >= 15 is 0 Å². The van der Waals surface area contributed by atoms with E-state index in [1.165, 1.54) is 6.07 Å². The Labute approximate surface area is 270 Å². The van der Waals surface area contributed by atoms with Crippen molar-refractivity contribution in [3.8, 4) is 28.7 Å². The molecule has 10 heteroatoms. The Morgan fingerprint density at radius 1 is 1.09 bits per heavy atom. The normalized spacial score (nSPS) is 14.8. The number of rotatable bonds is 8. The molecule has 0 radical (unpaired) electrons. The van der Waals surface area contributed by atoms with Gasteiger partial charge in [0.2, 0.25) is 5.89 Å². The highest BCUT2D eigenvalue weighted by molar-refractivity contribution is 5.92. The lowest BCUT2D eigenvalue weighted by molar-refractivity contribution is -0.141. The number of aldehydes is 1. The Morgan fingerprint density at radius 3 is 2.64 bits per heavy atom. The number of hydrogen-bond donors (Lipinski definition) is 2. The van der Waals surface area contributed by atoms with Gasteiger partial charge in [0.15, 0.2) is 11.4 Å². The van der Waals surface area contributed by atoms with E-state index in [4.69, 9.17) is 9.40 Å². The van der Waals surface area contributed by atoms with Gasteiger partial charge in [-0.15, -0.1) is 0 Å². The van der Waals surface area contributed by atoms with E-state index in [1.54, 1.807) is 12.3 Å². The summed E-state index contributed by atoms with van der Waals surface area (Å²) in [6.07, 6.45) is 4.96. The molecule has 6 aromatic rings. The lowest BCUT2D eigenvalue weighted by Gasteiger charge is -2.17. The molecule has 7 rings (SSSR count). The highest BCUT2D eigenvalue weighted by Crippen LogP contribution is 2.37. The molecular weight excluding hydrogens is 592 g/mol. The number of oxazole rings is 1. The van der Waals surface area contributed by atoms with Crippen LogP contribution in [0.25, 0.3) is 44.6 Å². The van der Waals surface area contributed by atoms with Crippen LogP contribution in [0.3, 0.4) is 0 Å². The molecular formula is C37H30N6O4. The van der Waals surface area contributed by atoms with Crippen LogP contribution in [-0.4, -0.2) is 50.3 Å². The minimum absolute atomic E-state index is 0.264. The number of anilines is 2. The van der Waals surface area contributed by atoms with Gasteiger partial charge in [-0.3, -0.25) is 19.5 Å². The molecule has 3 aromatic carbocycles. The molecule has 1 unspecified atom stereocenters. The van der Waals surface area contributed by atoms with E-state index in [1.807, 2.05) is 43.5 Å². The van der Waals surface area contributed by atoms with Crippen molar-refractivity contribution < 1.29 is 19.1 Å². The monoisotopic (exact) mass is 622 g/mol. The zero-order valence-electron chi connectivity index (χ0n) is 25.8. The number of carbonyl (C=O) groups is 2. The number of carboxylic acids is 1. The van der Waals surface area contributed by atoms with E-state index in [9.17, 15) is 20.0 Å². The highest BCUT2D eigenvalue weighted by Gasteiger charge is 2.28. The summed E-state index contributed by atoms with van der Waals surface area (Å²) in [6.45, 7) is 6.03. The second kappa shape index (κ2) is 12.1. The van der Waals surface area contributed by atoms with Gasteiger partial charge in [-0.2, -0.15) is 5.26 Å². The van der Waals surface area contributed by atoms with Crippen molar-refractivity contribution in [2.24, 2.45) is 5.92 Å². The smallest absolute Gasteiger partial charge is 0.307 e. The molecule has 0 spiro atoms. The molecule has 10 nitrogen and oxygen atoms in total. The number of likely N-dealkylation sites (tertiary alicyclic amines) is 1.